The summed E-state index contributed by atoms with van der Waals surface area (Å²) in [6, 6.07) is 0. The van der Waals surface area contributed by atoms with E-state index in [4.69, 9.17) is 0 Å². The molecule has 1 amide bonds. The van der Waals surface area contributed by atoms with Crippen molar-refractivity contribution in [2.24, 2.45) is 5.92 Å². The molecule has 9 nitrogen and oxygen atoms in total. The lowest BCUT2D eigenvalue weighted by Crippen LogP contribution is -2.76. The van der Waals surface area contributed by atoms with E-state index >= 15 is 0 Å². The zero-order chi connectivity index (χ0) is 15.1. The average molecular weight is 286 g/mol. The summed E-state index contributed by atoms with van der Waals surface area (Å²) < 4.78 is 0. The molecule has 2 aliphatic heterocycles. The number of nitro groups is 2. The van der Waals surface area contributed by atoms with Gasteiger partial charge in [-0.3, -0.25) is 29.9 Å². The van der Waals surface area contributed by atoms with Gasteiger partial charge in [-0.2, -0.15) is 0 Å². The fourth-order valence-electron chi connectivity index (χ4n) is 3.22. The van der Waals surface area contributed by atoms with E-state index < -0.39 is 26.8 Å². The van der Waals surface area contributed by atoms with Crippen LogP contribution in [0.1, 0.15) is 20.3 Å². The van der Waals surface area contributed by atoms with Crippen LogP contribution in [0.3, 0.4) is 0 Å². The fourth-order valence-corrected chi connectivity index (χ4v) is 3.22. The minimum atomic E-state index is -1.90. The third kappa shape index (κ3) is 2.11. The summed E-state index contributed by atoms with van der Waals surface area (Å²) in [4.78, 5) is 35.3. The molecule has 0 aromatic carbocycles. The Morgan fingerprint density at radius 2 is 1.95 bits per heavy atom. The van der Waals surface area contributed by atoms with Crippen LogP contribution in [-0.2, 0) is 4.79 Å². The molecule has 0 saturated carbocycles. The second-order valence-electron chi connectivity index (χ2n) is 6.19. The third-order valence-electron chi connectivity index (χ3n) is 3.99. The Kier molecular flexibility index (Phi) is 3.41. The van der Waals surface area contributed by atoms with Crippen LogP contribution >= 0.6 is 0 Å². The van der Waals surface area contributed by atoms with Crippen molar-refractivity contribution in [1.82, 2.24) is 10.2 Å². The molecule has 2 bridgehead atoms. The number of amides is 1. The first-order valence-electron chi connectivity index (χ1n) is 6.51. The summed E-state index contributed by atoms with van der Waals surface area (Å²) in [7, 11) is 0. The molecular formula is C11H18N4O5. The quantitative estimate of drug-likeness (QED) is 0.550. The Morgan fingerprint density at radius 3 is 2.45 bits per heavy atom. The number of rotatable bonds is 4. The van der Waals surface area contributed by atoms with Crippen LogP contribution in [-0.4, -0.2) is 57.9 Å². The number of carbonyl (C=O) groups excluding carboxylic acids is 1. The normalized spacial score (nSPS) is 33.9. The summed E-state index contributed by atoms with van der Waals surface area (Å²) in [5, 5.41) is 25.1. The van der Waals surface area contributed by atoms with E-state index in [1.807, 2.05) is 13.8 Å². The van der Waals surface area contributed by atoms with E-state index in [-0.39, 0.29) is 32.0 Å². The first-order chi connectivity index (χ1) is 9.22. The van der Waals surface area contributed by atoms with Crippen molar-refractivity contribution in [2.45, 2.75) is 31.3 Å². The van der Waals surface area contributed by atoms with Crippen LogP contribution in [0.2, 0.25) is 0 Å². The molecule has 2 heterocycles. The van der Waals surface area contributed by atoms with E-state index in [9.17, 15) is 25.0 Å². The highest BCUT2D eigenvalue weighted by atomic mass is 16.6. The van der Waals surface area contributed by atoms with Gasteiger partial charge in [0.05, 0.1) is 19.6 Å². The zero-order valence-corrected chi connectivity index (χ0v) is 11.5. The first kappa shape index (κ1) is 14.6. The van der Waals surface area contributed by atoms with Crippen LogP contribution < -0.4 is 5.32 Å². The lowest BCUT2D eigenvalue weighted by Gasteiger charge is -2.45. The third-order valence-corrected chi connectivity index (χ3v) is 3.99. The van der Waals surface area contributed by atoms with E-state index in [0.717, 1.165) is 0 Å². The maximum Gasteiger partial charge on any atom is 0.317 e. The molecular weight excluding hydrogens is 268 g/mol. The van der Waals surface area contributed by atoms with Crippen LogP contribution in [0, 0.1) is 26.1 Å². The van der Waals surface area contributed by atoms with Gasteiger partial charge in [0.25, 0.3) is 11.4 Å². The molecule has 2 unspecified atom stereocenters. The lowest BCUT2D eigenvalue weighted by atomic mass is 9.74. The molecule has 0 aliphatic carbocycles. The van der Waals surface area contributed by atoms with Gasteiger partial charge < -0.3 is 5.32 Å². The predicted molar refractivity (Wildman–Crippen MR) is 68.4 cm³/mol. The topological polar surface area (TPSA) is 119 Å². The highest BCUT2D eigenvalue weighted by molar-refractivity contribution is 5.86. The molecule has 2 saturated heterocycles. The van der Waals surface area contributed by atoms with Gasteiger partial charge >= 0.3 is 5.54 Å². The molecule has 112 valence electrons. The van der Waals surface area contributed by atoms with Crippen LogP contribution in [0.4, 0.5) is 0 Å². The smallest absolute Gasteiger partial charge is 0.317 e. The van der Waals surface area contributed by atoms with Gasteiger partial charge in [0.15, 0.2) is 0 Å². The number of carbonyl (C=O) groups is 1. The van der Waals surface area contributed by atoms with Crippen molar-refractivity contribution in [3.05, 3.63) is 20.2 Å². The van der Waals surface area contributed by atoms with Crippen molar-refractivity contribution < 1.29 is 14.6 Å². The number of piperidine rings is 2. The van der Waals surface area contributed by atoms with Gasteiger partial charge in [-0.1, -0.05) is 13.8 Å². The van der Waals surface area contributed by atoms with Crippen molar-refractivity contribution in [2.75, 3.05) is 26.2 Å². The number of fused-ring (bicyclic) bond motifs is 2. The molecule has 2 fully saturated rings. The van der Waals surface area contributed by atoms with E-state index in [2.05, 4.69) is 5.32 Å². The number of hydrogen-bond acceptors (Lipinski definition) is 6. The summed E-state index contributed by atoms with van der Waals surface area (Å²) in [5.74, 6) is -0.502. The minimum Gasteiger partial charge on any atom is -0.343 e. The molecule has 2 atom stereocenters. The van der Waals surface area contributed by atoms with Gasteiger partial charge in [0, 0.05) is 16.4 Å². The van der Waals surface area contributed by atoms with Crippen molar-refractivity contribution in [3.63, 3.8) is 0 Å². The van der Waals surface area contributed by atoms with Crippen molar-refractivity contribution in [3.8, 4) is 0 Å². The van der Waals surface area contributed by atoms with Gasteiger partial charge in [-0.15, -0.1) is 0 Å². The first-order valence-corrected chi connectivity index (χ1v) is 6.51. The van der Waals surface area contributed by atoms with Crippen molar-refractivity contribution in [1.29, 1.82) is 0 Å². The largest absolute Gasteiger partial charge is 0.343 e. The van der Waals surface area contributed by atoms with E-state index in [1.54, 1.807) is 4.90 Å². The zero-order valence-electron chi connectivity index (χ0n) is 11.5. The van der Waals surface area contributed by atoms with Crippen LogP contribution in [0.15, 0.2) is 0 Å². The lowest BCUT2D eigenvalue weighted by molar-refractivity contribution is -0.618. The maximum absolute atomic E-state index is 12.0. The molecule has 0 aromatic heterocycles. The molecule has 0 radical (unpaired) electrons. The van der Waals surface area contributed by atoms with Gasteiger partial charge in [-0.05, 0) is 5.92 Å². The predicted octanol–water partition coefficient (Wildman–Crippen LogP) is -0.491. The molecule has 1 N–H and O–H groups in total. The fraction of sp³-hybridized carbons (Fsp3) is 0.909. The van der Waals surface area contributed by atoms with E-state index in [0.29, 0.717) is 6.54 Å². The summed E-state index contributed by atoms with van der Waals surface area (Å²) in [6.45, 7) is 4.28. The standard InChI is InChI=1S/C11H18N4O5/c1-8(2)3-13-6-10(14(17)18)4-11(7-13,15(19)20)9(16)12-5-10/h8H,3-7H2,1-2H3,(H,12,16). The Labute approximate surface area is 115 Å². The molecule has 20 heavy (non-hydrogen) atoms. The highest BCUT2D eigenvalue weighted by Crippen LogP contribution is 2.36. The Balaban J connectivity index is 2.41. The van der Waals surface area contributed by atoms with Crippen LogP contribution in [0.25, 0.3) is 0 Å². The number of nitrogens with zero attached hydrogens (tertiary/aromatic N) is 3. The number of hydrogen-bond donors (Lipinski definition) is 1. The van der Waals surface area contributed by atoms with Gasteiger partial charge in [-0.25, -0.2) is 0 Å². The Hall–Kier alpha value is -1.77. The van der Waals surface area contributed by atoms with Crippen LogP contribution in [0.5, 0.6) is 0 Å². The Bertz CT molecular complexity index is 468. The second kappa shape index (κ2) is 4.65. The SMILES string of the molecule is CC(C)CN1CC2([N+](=O)[O-])CNC(=O)C([N+](=O)[O-])(C1)C2. The molecule has 2 aliphatic rings. The molecule has 0 spiro atoms. The molecule has 9 heteroatoms. The average Bonchev–Trinajstić information content (AvgIpc) is 2.33. The Morgan fingerprint density at radius 1 is 1.30 bits per heavy atom. The second-order valence-corrected chi connectivity index (χ2v) is 6.19. The van der Waals surface area contributed by atoms with Crippen molar-refractivity contribution >= 4 is 5.91 Å². The molecule has 0 aromatic rings. The van der Waals surface area contributed by atoms with Gasteiger partial charge in [0.2, 0.25) is 0 Å². The van der Waals surface area contributed by atoms with E-state index in [1.165, 1.54) is 0 Å². The maximum atomic E-state index is 12.0. The number of nitrogens with one attached hydrogen (secondary N) is 1. The summed E-state index contributed by atoms with van der Waals surface area (Å²) in [6.07, 6.45) is -0.333. The summed E-state index contributed by atoms with van der Waals surface area (Å²) in [5.41, 5.74) is -3.37. The monoisotopic (exact) mass is 286 g/mol. The highest BCUT2D eigenvalue weighted by Gasteiger charge is 2.69. The van der Waals surface area contributed by atoms with Gasteiger partial charge in [0.1, 0.15) is 6.42 Å². The summed E-state index contributed by atoms with van der Waals surface area (Å²) >= 11 is 0. The minimum absolute atomic E-state index is 0.0698. The number of likely N-dealkylation sites (tertiary alicyclic amines) is 1. The molecule has 2 rings (SSSR count).